The van der Waals surface area contributed by atoms with E-state index >= 15 is 0 Å². The van der Waals surface area contributed by atoms with E-state index in [0.717, 1.165) is 27.7 Å². The van der Waals surface area contributed by atoms with Crippen molar-refractivity contribution in [2.75, 3.05) is 0 Å². The Morgan fingerprint density at radius 3 is 2.38 bits per heavy atom. The highest BCUT2D eigenvalue weighted by molar-refractivity contribution is 6.01. The first-order chi connectivity index (χ1) is 15.5. The summed E-state index contributed by atoms with van der Waals surface area (Å²) in [5, 5.41) is 9.71. The lowest BCUT2D eigenvalue weighted by Gasteiger charge is -2.08. The normalized spacial score (nSPS) is 10.9. The molecule has 0 fully saturated rings. The number of nitrogens with one attached hydrogen (secondary N) is 1. The van der Waals surface area contributed by atoms with Crippen LogP contribution in [-0.4, -0.2) is 21.5 Å². The second-order valence-corrected chi connectivity index (χ2v) is 8.05. The number of Topliss-reactive ketones (excluding diaryl/α,β-unsaturated/α-hetero) is 1. The summed E-state index contributed by atoms with van der Waals surface area (Å²) in [4.78, 5) is 25.0. The van der Waals surface area contributed by atoms with Gasteiger partial charge in [-0.15, -0.1) is 0 Å². The number of aryl methyl sites for hydroxylation is 1. The fraction of sp³-hybridized carbons (Fsp3) is 0.222. The fourth-order valence-electron chi connectivity index (χ4n) is 3.91. The summed E-state index contributed by atoms with van der Waals surface area (Å²) in [5.41, 5.74) is 4.80. The van der Waals surface area contributed by atoms with Crippen molar-refractivity contribution < 1.29 is 9.59 Å². The van der Waals surface area contributed by atoms with Gasteiger partial charge in [0.25, 0.3) is 0 Å². The molecule has 0 saturated heterocycles. The molecule has 0 atom stereocenters. The number of aromatic nitrogens is 2. The molecule has 4 rings (SSSR count). The molecular weight excluding hydrogens is 398 g/mol. The van der Waals surface area contributed by atoms with Gasteiger partial charge in [-0.2, -0.15) is 5.10 Å². The van der Waals surface area contributed by atoms with E-state index in [4.69, 9.17) is 0 Å². The number of benzene rings is 3. The average Bonchev–Trinajstić information content (AvgIpc) is 3.08. The highest BCUT2D eigenvalue weighted by Crippen LogP contribution is 2.18. The molecule has 3 aromatic carbocycles. The Kier molecular flexibility index (Phi) is 6.45. The molecule has 0 radical (unpaired) electrons. The maximum Gasteiger partial charge on any atom is 0.220 e. The minimum atomic E-state index is -0.131. The molecule has 1 amide bonds. The van der Waals surface area contributed by atoms with Crippen molar-refractivity contribution in [3.8, 4) is 0 Å². The molecule has 0 saturated carbocycles. The Morgan fingerprint density at radius 2 is 1.59 bits per heavy atom. The van der Waals surface area contributed by atoms with E-state index in [1.54, 1.807) is 0 Å². The van der Waals surface area contributed by atoms with Gasteiger partial charge in [0.1, 0.15) is 0 Å². The molecule has 0 spiro atoms. The number of hydrogen-bond acceptors (Lipinski definition) is 3. The molecule has 1 aromatic heterocycles. The van der Waals surface area contributed by atoms with E-state index < -0.39 is 0 Å². The fourth-order valence-corrected chi connectivity index (χ4v) is 3.91. The highest BCUT2D eigenvalue weighted by atomic mass is 16.2. The Morgan fingerprint density at radius 1 is 0.875 bits per heavy atom. The molecule has 0 aliphatic carbocycles. The third kappa shape index (κ3) is 4.94. The van der Waals surface area contributed by atoms with Gasteiger partial charge in [0, 0.05) is 36.2 Å². The summed E-state index contributed by atoms with van der Waals surface area (Å²) in [6.07, 6.45) is 0.358. The monoisotopic (exact) mass is 425 g/mol. The van der Waals surface area contributed by atoms with Crippen LogP contribution in [0.25, 0.3) is 10.8 Å². The van der Waals surface area contributed by atoms with Crippen LogP contribution in [0.15, 0.2) is 72.8 Å². The molecule has 162 valence electrons. The van der Waals surface area contributed by atoms with Crippen molar-refractivity contribution >= 4 is 22.5 Å². The SMILES string of the molecule is Cc1nn(Cc2ccccc2)c(C)c1CNC(=O)CCC(=O)c1ccc2ccccc2c1. The van der Waals surface area contributed by atoms with Gasteiger partial charge in [0.05, 0.1) is 12.2 Å². The van der Waals surface area contributed by atoms with Gasteiger partial charge in [-0.25, -0.2) is 0 Å². The first-order valence-electron chi connectivity index (χ1n) is 10.9. The molecule has 1 heterocycles. The van der Waals surface area contributed by atoms with Gasteiger partial charge >= 0.3 is 0 Å². The molecule has 0 unspecified atom stereocenters. The Bertz CT molecular complexity index is 1260. The zero-order chi connectivity index (χ0) is 22.5. The zero-order valence-electron chi connectivity index (χ0n) is 18.5. The number of fused-ring (bicyclic) bond motifs is 1. The third-order valence-corrected chi connectivity index (χ3v) is 5.82. The van der Waals surface area contributed by atoms with Crippen molar-refractivity contribution in [2.24, 2.45) is 0 Å². The van der Waals surface area contributed by atoms with Crippen molar-refractivity contribution in [1.29, 1.82) is 0 Å². The van der Waals surface area contributed by atoms with Gasteiger partial charge < -0.3 is 5.32 Å². The lowest BCUT2D eigenvalue weighted by molar-refractivity contribution is -0.121. The largest absolute Gasteiger partial charge is 0.352 e. The standard InChI is InChI=1S/C27H27N3O2/c1-19-25(20(2)30(29-19)18-21-8-4-3-5-9-21)17-28-27(32)15-14-26(31)24-13-12-22-10-6-7-11-23(22)16-24/h3-13,16H,14-15,17-18H2,1-2H3,(H,28,32). The second-order valence-electron chi connectivity index (χ2n) is 8.05. The number of rotatable bonds is 8. The first kappa shape index (κ1) is 21.5. The van der Waals surface area contributed by atoms with E-state index in [0.29, 0.717) is 18.7 Å². The lowest BCUT2D eigenvalue weighted by atomic mass is 10.0. The molecule has 0 bridgehead atoms. The minimum absolute atomic E-state index is 0.0195. The van der Waals surface area contributed by atoms with Crippen molar-refractivity contribution in [1.82, 2.24) is 15.1 Å². The number of amides is 1. The number of ketones is 1. The van der Waals surface area contributed by atoms with Gasteiger partial charge in [-0.1, -0.05) is 66.7 Å². The second kappa shape index (κ2) is 9.60. The Hall–Kier alpha value is -3.73. The minimum Gasteiger partial charge on any atom is -0.352 e. The van der Waals surface area contributed by atoms with Crippen LogP contribution in [0, 0.1) is 13.8 Å². The average molecular weight is 426 g/mol. The van der Waals surface area contributed by atoms with Crippen molar-refractivity contribution in [2.45, 2.75) is 39.8 Å². The predicted molar refractivity (Wildman–Crippen MR) is 127 cm³/mol. The van der Waals surface area contributed by atoms with Gasteiger partial charge in [-0.3, -0.25) is 14.3 Å². The first-order valence-corrected chi connectivity index (χ1v) is 10.9. The van der Waals surface area contributed by atoms with Gasteiger partial charge in [0.2, 0.25) is 5.91 Å². The zero-order valence-corrected chi connectivity index (χ0v) is 18.5. The van der Waals surface area contributed by atoms with E-state index in [1.807, 2.05) is 79.2 Å². The number of carbonyl (C=O) groups is 2. The molecular formula is C27H27N3O2. The summed E-state index contributed by atoms with van der Waals surface area (Å²) in [6, 6.07) is 23.8. The lowest BCUT2D eigenvalue weighted by Crippen LogP contribution is -2.24. The highest BCUT2D eigenvalue weighted by Gasteiger charge is 2.14. The molecule has 32 heavy (non-hydrogen) atoms. The van der Waals surface area contributed by atoms with Crippen LogP contribution in [0.2, 0.25) is 0 Å². The molecule has 0 aliphatic heterocycles. The van der Waals surface area contributed by atoms with Crippen LogP contribution in [-0.2, 0) is 17.9 Å². The number of hydrogen-bond donors (Lipinski definition) is 1. The van der Waals surface area contributed by atoms with Gasteiger partial charge in [0.15, 0.2) is 5.78 Å². The summed E-state index contributed by atoms with van der Waals surface area (Å²) in [6.45, 7) is 5.09. The van der Waals surface area contributed by atoms with E-state index in [-0.39, 0.29) is 24.5 Å². The molecule has 4 aromatic rings. The maximum absolute atomic E-state index is 12.6. The number of nitrogens with zero attached hydrogens (tertiary/aromatic N) is 2. The molecule has 1 N–H and O–H groups in total. The van der Waals surface area contributed by atoms with Crippen LogP contribution in [0.4, 0.5) is 0 Å². The van der Waals surface area contributed by atoms with Crippen LogP contribution in [0.1, 0.15) is 45.7 Å². The summed E-state index contributed by atoms with van der Waals surface area (Å²) < 4.78 is 1.97. The summed E-state index contributed by atoms with van der Waals surface area (Å²) in [5.74, 6) is -0.150. The maximum atomic E-state index is 12.6. The van der Waals surface area contributed by atoms with Crippen LogP contribution < -0.4 is 5.32 Å². The van der Waals surface area contributed by atoms with E-state index in [1.165, 1.54) is 5.56 Å². The predicted octanol–water partition coefficient (Wildman–Crippen LogP) is 4.98. The van der Waals surface area contributed by atoms with E-state index in [9.17, 15) is 9.59 Å². The molecule has 0 aliphatic rings. The third-order valence-electron chi connectivity index (χ3n) is 5.82. The van der Waals surface area contributed by atoms with Crippen LogP contribution in [0.5, 0.6) is 0 Å². The molecule has 5 nitrogen and oxygen atoms in total. The quantitative estimate of drug-likeness (QED) is 0.405. The Balaban J connectivity index is 1.32. The van der Waals surface area contributed by atoms with Gasteiger partial charge in [-0.05, 0) is 36.2 Å². The van der Waals surface area contributed by atoms with E-state index in [2.05, 4.69) is 22.5 Å². The summed E-state index contributed by atoms with van der Waals surface area (Å²) >= 11 is 0. The Labute approximate surface area is 188 Å². The number of carbonyl (C=O) groups excluding carboxylic acids is 2. The summed E-state index contributed by atoms with van der Waals surface area (Å²) in [7, 11) is 0. The topological polar surface area (TPSA) is 64.0 Å². The van der Waals surface area contributed by atoms with Crippen LogP contribution >= 0.6 is 0 Å². The van der Waals surface area contributed by atoms with Crippen LogP contribution in [0.3, 0.4) is 0 Å². The van der Waals surface area contributed by atoms with Crippen molar-refractivity contribution in [3.05, 3.63) is 101 Å². The smallest absolute Gasteiger partial charge is 0.220 e. The van der Waals surface area contributed by atoms with Crippen molar-refractivity contribution in [3.63, 3.8) is 0 Å². The molecule has 5 heteroatoms.